The number of aryl methyl sites for hydroxylation is 1. The second-order valence-corrected chi connectivity index (χ2v) is 5.86. The molecule has 1 aromatic heterocycles. The average molecular weight is 365 g/mol. The Morgan fingerprint density at radius 2 is 2.04 bits per heavy atom. The van der Waals surface area contributed by atoms with Gasteiger partial charge in [-0.1, -0.05) is 11.6 Å². The first-order valence-electron chi connectivity index (χ1n) is 6.89. The Morgan fingerprint density at radius 1 is 1.25 bits per heavy atom. The number of benzene rings is 2. The van der Waals surface area contributed by atoms with Crippen LogP contribution in [-0.2, 0) is 0 Å². The summed E-state index contributed by atoms with van der Waals surface area (Å²) in [5, 5.41) is 11.6. The van der Waals surface area contributed by atoms with Crippen LogP contribution in [0.3, 0.4) is 0 Å². The number of H-pyrrole nitrogens is 1. The number of nitrogens with zero attached hydrogens (tertiary/aromatic N) is 3. The number of hydrogen-bond acceptors (Lipinski definition) is 3. The van der Waals surface area contributed by atoms with Gasteiger partial charge in [0.1, 0.15) is 11.6 Å². The predicted molar refractivity (Wildman–Crippen MR) is 91.9 cm³/mol. The van der Waals surface area contributed by atoms with Crippen molar-refractivity contribution in [2.45, 2.75) is 6.92 Å². The third kappa shape index (κ3) is 3.27. The quantitative estimate of drug-likeness (QED) is 0.539. The summed E-state index contributed by atoms with van der Waals surface area (Å²) in [4.78, 5) is 0. The molecule has 0 unspecified atom stereocenters. The van der Waals surface area contributed by atoms with Crippen LogP contribution in [0.5, 0.6) is 0 Å². The van der Waals surface area contributed by atoms with Crippen LogP contribution >= 0.6 is 23.8 Å². The third-order valence-corrected chi connectivity index (χ3v) is 3.85. The van der Waals surface area contributed by atoms with Gasteiger partial charge in [-0.2, -0.15) is 14.9 Å². The molecule has 0 fully saturated rings. The maximum absolute atomic E-state index is 13.7. The van der Waals surface area contributed by atoms with E-state index in [0.717, 1.165) is 23.3 Å². The summed E-state index contributed by atoms with van der Waals surface area (Å²) in [6, 6.07) is 8.57. The summed E-state index contributed by atoms with van der Waals surface area (Å²) < 4.78 is 28.3. The molecule has 3 rings (SSSR count). The van der Waals surface area contributed by atoms with Gasteiger partial charge in [0, 0.05) is 22.2 Å². The lowest BCUT2D eigenvalue weighted by molar-refractivity contribution is 0.582. The molecule has 0 saturated carbocycles. The summed E-state index contributed by atoms with van der Waals surface area (Å²) in [6.45, 7) is 1.88. The average Bonchev–Trinajstić information content (AvgIpc) is 2.87. The first kappa shape index (κ1) is 16.5. The summed E-state index contributed by atoms with van der Waals surface area (Å²) in [5.41, 5.74) is 1.81. The van der Waals surface area contributed by atoms with E-state index in [1.165, 1.54) is 17.0 Å². The Balaban J connectivity index is 2.05. The van der Waals surface area contributed by atoms with Crippen molar-refractivity contribution in [1.29, 1.82) is 0 Å². The maximum Gasteiger partial charge on any atom is 0.216 e. The molecule has 0 amide bonds. The molecular formula is C16H11ClF2N4S. The van der Waals surface area contributed by atoms with Gasteiger partial charge in [0.05, 0.1) is 6.21 Å². The Kier molecular flexibility index (Phi) is 4.55. The molecule has 1 N–H and O–H groups in total. The summed E-state index contributed by atoms with van der Waals surface area (Å²) >= 11 is 11.1. The van der Waals surface area contributed by atoms with E-state index >= 15 is 0 Å². The number of rotatable bonds is 3. The SMILES string of the molecule is Cc1cc(Cl)ccc1-c1n[nH]c(=S)n1/N=C/c1ccc(F)cc1F. The first-order valence-corrected chi connectivity index (χ1v) is 7.67. The fraction of sp³-hybridized carbons (Fsp3) is 0.0625. The Hall–Kier alpha value is -2.38. The molecule has 0 aliphatic carbocycles. The number of aromatic nitrogens is 3. The molecule has 24 heavy (non-hydrogen) atoms. The monoisotopic (exact) mass is 364 g/mol. The lowest BCUT2D eigenvalue weighted by Crippen LogP contribution is -1.98. The van der Waals surface area contributed by atoms with E-state index in [9.17, 15) is 8.78 Å². The van der Waals surface area contributed by atoms with Gasteiger partial charge in [-0.25, -0.2) is 13.9 Å². The van der Waals surface area contributed by atoms with Crippen LogP contribution in [0, 0.1) is 23.3 Å². The molecule has 0 atom stereocenters. The normalized spacial score (nSPS) is 11.3. The van der Waals surface area contributed by atoms with Crippen LogP contribution in [0.15, 0.2) is 41.5 Å². The van der Waals surface area contributed by atoms with Crippen molar-refractivity contribution in [3.8, 4) is 11.4 Å². The van der Waals surface area contributed by atoms with E-state index in [0.29, 0.717) is 10.8 Å². The second-order valence-electron chi connectivity index (χ2n) is 5.03. The first-order chi connectivity index (χ1) is 11.5. The zero-order valence-electron chi connectivity index (χ0n) is 12.4. The van der Waals surface area contributed by atoms with Gasteiger partial charge in [0.25, 0.3) is 0 Å². The van der Waals surface area contributed by atoms with Crippen LogP contribution in [0.25, 0.3) is 11.4 Å². The van der Waals surface area contributed by atoms with Crippen molar-refractivity contribution >= 4 is 30.0 Å². The van der Waals surface area contributed by atoms with Gasteiger partial charge in [0.15, 0.2) is 5.82 Å². The number of halogens is 3. The molecular weight excluding hydrogens is 354 g/mol. The smallest absolute Gasteiger partial charge is 0.216 e. The molecule has 3 aromatic rings. The van der Waals surface area contributed by atoms with Crippen molar-refractivity contribution < 1.29 is 8.78 Å². The van der Waals surface area contributed by atoms with Crippen molar-refractivity contribution in [2.24, 2.45) is 5.10 Å². The van der Waals surface area contributed by atoms with Crippen molar-refractivity contribution in [3.05, 3.63) is 69.0 Å². The largest absolute Gasteiger partial charge is 0.250 e. The highest BCUT2D eigenvalue weighted by atomic mass is 35.5. The predicted octanol–water partition coefficient (Wildman–Crippen LogP) is 4.73. The Labute approximate surface area is 146 Å². The van der Waals surface area contributed by atoms with E-state index in [4.69, 9.17) is 23.8 Å². The van der Waals surface area contributed by atoms with E-state index in [-0.39, 0.29) is 10.3 Å². The topological polar surface area (TPSA) is 46.0 Å². The molecule has 0 aliphatic heterocycles. The zero-order valence-corrected chi connectivity index (χ0v) is 14.0. The minimum Gasteiger partial charge on any atom is -0.250 e. The third-order valence-electron chi connectivity index (χ3n) is 3.35. The molecule has 8 heteroatoms. The molecule has 0 aliphatic rings. The van der Waals surface area contributed by atoms with Crippen molar-refractivity contribution in [3.63, 3.8) is 0 Å². The van der Waals surface area contributed by atoms with Crippen molar-refractivity contribution in [1.82, 2.24) is 14.9 Å². The van der Waals surface area contributed by atoms with E-state index in [1.807, 2.05) is 6.92 Å². The number of nitrogens with one attached hydrogen (secondary N) is 1. The molecule has 1 heterocycles. The molecule has 0 bridgehead atoms. The van der Waals surface area contributed by atoms with E-state index in [1.54, 1.807) is 18.2 Å². The lowest BCUT2D eigenvalue weighted by atomic mass is 10.1. The second kappa shape index (κ2) is 6.62. The minimum atomic E-state index is -0.710. The van der Waals surface area contributed by atoms with Gasteiger partial charge in [-0.3, -0.25) is 0 Å². The zero-order chi connectivity index (χ0) is 17.3. The summed E-state index contributed by atoms with van der Waals surface area (Å²) in [7, 11) is 0. The highest BCUT2D eigenvalue weighted by Crippen LogP contribution is 2.24. The highest BCUT2D eigenvalue weighted by Gasteiger charge is 2.11. The van der Waals surface area contributed by atoms with Gasteiger partial charge in [0.2, 0.25) is 4.77 Å². The molecule has 2 aromatic carbocycles. The molecule has 0 spiro atoms. The highest BCUT2D eigenvalue weighted by molar-refractivity contribution is 7.71. The van der Waals surface area contributed by atoms with Crippen LogP contribution in [0.1, 0.15) is 11.1 Å². The number of aromatic amines is 1. The fourth-order valence-electron chi connectivity index (χ4n) is 2.18. The molecule has 0 radical (unpaired) electrons. The molecule has 4 nitrogen and oxygen atoms in total. The standard InChI is InChI=1S/C16H11ClF2N4S/c1-9-6-11(17)3-5-13(9)15-21-22-16(24)23(15)20-8-10-2-4-12(18)7-14(10)19/h2-8H,1H3,(H,22,24)/b20-8+. The summed E-state index contributed by atoms with van der Waals surface area (Å²) in [6.07, 6.45) is 1.26. The molecule has 122 valence electrons. The van der Waals surface area contributed by atoms with E-state index in [2.05, 4.69) is 15.3 Å². The van der Waals surface area contributed by atoms with Gasteiger partial charge >= 0.3 is 0 Å². The Bertz CT molecular complexity index is 994. The number of hydrogen-bond donors (Lipinski definition) is 1. The van der Waals surface area contributed by atoms with Gasteiger partial charge < -0.3 is 0 Å². The van der Waals surface area contributed by atoms with Gasteiger partial charge in [-0.15, -0.1) is 0 Å². The lowest BCUT2D eigenvalue weighted by Gasteiger charge is -2.05. The fourth-order valence-corrected chi connectivity index (χ4v) is 2.58. The van der Waals surface area contributed by atoms with Crippen LogP contribution in [0.4, 0.5) is 8.78 Å². The van der Waals surface area contributed by atoms with E-state index < -0.39 is 11.6 Å². The van der Waals surface area contributed by atoms with Crippen LogP contribution in [-0.4, -0.2) is 21.1 Å². The van der Waals surface area contributed by atoms with Crippen LogP contribution in [0.2, 0.25) is 5.02 Å². The van der Waals surface area contributed by atoms with Crippen LogP contribution < -0.4 is 0 Å². The minimum absolute atomic E-state index is 0.137. The molecule has 0 saturated heterocycles. The van der Waals surface area contributed by atoms with Crippen molar-refractivity contribution in [2.75, 3.05) is 0 Å². The van der Waals surface area contributed by atoms with Gasteiger partial charge in [-0.05, 0) is 55.0 Å². The summed E-state index contributed by atoms with van der Waals surface area (Å²) in [5.74, 6) is -0.895. The maximum atomic E-state index is 13.7. The Morgan fingerprint density at radius 3 is 2.75 bits per heavy atom.